The van der Waals surface area contributed by atoms with Crippen LogP contribution in [0.1, 0.15) is 19.8 Å². The molecule has 1 saturated heterocycles. The van der Waals surface area contributed by atoms with Crippen LogP contribution in [0, 0.1) is 11.7 Å². The summed E-state index contributed by atoms with van der Waals surface area (Å²) in [6, 6.07) is 3.35. The van der Waals surface area contributed by atoms with Gasteiger partial charge in [-0.25, -0.2) is 4.39 Å². The Hall–Kier alpha value is -1.76. The van der Waals surface area contributed by atoms with E-state index >= 15 is 0 Å². The minimum atomic E-state index is -3.08. The van der Waals surface area contributed by atoms with Gasteiger partial charge in [-0.2, -0.15) is 8.78 Å². The Morgan fingerprint density at radius 3 is 2.90 bits per heavy atom. The fraction of sp³-hybridized carbons (Fsp3) is 0.500. The average Bonchev–Trinajstić information content (AvgIpc) is 2.41. The molecular formula is C14H17F3N2O2. The molecule has 2 N–H and O–H groups in total. The largest absolute Gasteiger partial charge is 0.432 e. The lowest BCUT2D eigenvalue weighted by atomic mass is 9.92. The molecule has 1 aliphatic rings. The molecule has 0 aliphatic carbocycles. The Kier molecular flexibility index (Phi) is 5.06. The van der Waals surface area contributed by atoms with Crippen molar-refractivity contribution >= 4 is 11.6 Å². The van der Waals surface area contributed by atoms with Crippen LogP contribution < -0.4 is 15.4 Å². The minimum absolute atomic E-state index is 0.0490. The number of piperidine rings is 1. The van der Waals surface area contributed by atoms with E-state index in [1.807, 2.05) is 6.92 Å². The number of carbonyl (C=O) groups is 1. The zero-order chi connectivity index (χ0) is 15.4. The lowest BCUT2D eigenvalue weighted by Gasteiger charge is -2.27. The second-order valence-corrected chi connectivity index (χ2v) is 5.08. The van der Waals surface area contributed by atoms with E-state index in [1.54, 1.807) is 0 Å². The molecule has 4 nitrogen and oxygen atoms in total. The number of alkyl halides is 2. The van der Waals surface area contributed by atoms with Gasteiger partial charge in [0.05, 0.1) is 5.69 Å². The van der Waals surface area contributed by atoms with Gasteiger partial charge in [-0.15, -0.1) is 0 Å². The SMILES string of the molecule is C[C@H]1C[C@@H](C(=O)Nc2ccc(F)cc2OC(F)F)CCN1. The van der Waals surface area contributed by atoms with Gasteiger partial charge in [-0.3, -0.25) is 4.79 Å². The molecule has 2 rings (SSSR count). The van der Waals surface area contributed by atoms with Crippen molar-refractivity contribution in [3.05, 3.63) is 24.0 Å². The van der Waals surface area contributed by atoms with Crippen molar-refractivity contribution in [3.63, 3.8) is 0 Å². The normalized spacial score (nSPS) is 22.1. The van der Waals surface area contributed by atoms with Gasteiger partial charge in [-0.1, -0.05) is 0 Å². The van der Waals surface area contributed by atoms with Crippen LogP contribution in [0.5, 0.6) is 5.75 Å². The van der Waals surface area contributed by atoms with Crippen LogP contribution in [-0.2, 0) is 4.79 Å². The molecule has 1 aromatic rings. The quantitative estimate of drug-likeness (QED) is 0.899. The molecule has 7 heteroatoms. The highest BCUT2D eigenvalue weighted by Crippen LogP contribution is 2.28. The first-order valence-electron chi connectivity index (χ1n) is 6.74. The lowest BCUT2D eigenvalue weighted by Crippen LogP contribution is -2.40. The molecule has 1 fully saturated rings. The number of benzene rings is 1. The molecular weight excluding hydrogens is 285 g/mol. The summed E-state index contributed by atoms with van der Waals surface area (Å²) in [5.41, 5.74) is 0.0490. The van der Waals surface area contributed by atoms with Crippen LogP contribution in [0.4, 0.5) is 18.9 Å². The number of ether oxygens (including phenoxy) is 1. The van der Waals surface area contributed by atoms with Crippen molar-refractivity contribution in [1.82, 2.24) is 5.32 Å². The lowest BCUT2D eigenvalue weighted by molar-refractivity contribution is -0.121. The van der Waals surface area contributed by atoms with E-state index in [0.29, 0.717) is 12.8 Å². The van der Waals surface area contributed by atoms with Gasteiger partial charge in [0.15, 0.2) is 5.75 Å². The van der Waals surface area contributed by atoms with E-state index in [2.05, 4.69) is 15.4 Å². The molecule has 1 aromatic carbocycles. The zero-order valence-corrected chi connectivity index (χ0v) is 11.5. The van der Waals surface area contributed by atoms with Crippen molar-refractivity contribution in [2.24, 2.45) is 5.92 Å². The highest BCUT2D eigenvalue weighted by Gasteiger charge is 2.25. The van der Waals surface area contributed by atoms with Gasteiger partial charge in [0.1, 0.15) is 5.82 Å². The Labute approximate surface area is 120 Å². The molecule has 0 aromatic heterocycles. The zero-order valence-electron chi connectivity index (χ0n) is 11.5. The predicted molar refractivity (Wildman–Crippen MR) is 71.9 cm³/mol. The van der Waals surface area contributed by atoms with E-state index in [4.69, 9.17) is 0 Å². The van der Waals surface area contributed by atoms with Crippen LogP contribution in [0.25, 0.3) is 0 Å². The summed E-state index contributed by atoms with van der Waals surface area (Å²) in [6.07, 6.45) is 1.33. The molecule has 0 bridgehead atoms. The standard InChI is InChI=1S/C14H17F3N2O2/c1-8-6-9(4-5-18-8)13(20)19-11-3-2-10(15)7-12(11)21-14(16)17/h2-3,7-9,14,18H,4-6H2,1H3,(H,19,20)/t8-,9-/m0/s1. The van der Waals surface area contributed by atoms with Gasteiger partial charge >= 0.3 is 6.61 Å². The van der Waals surface area contributed by atoms with Crippen LogP contribution in [0.15, 0.2) is 18.2 Å². The third kappa shape index (κ3) is 4.35. The summed E-state index contributed by atoms with van der Waals surface area (Å²) >= 11 is 0. The summed E-state index contributed by atoms with van der Waals surface area (Å²) in [5, 5.41) is 5.76. The minimum Gasteiger partial charge on any atom is -0.432 e. The van der Waals surface area contributed by atoms with E-state index in [1.165, 1.54) is 6.07 Å². The Bertz CT molecular complexity index is 511. The first-order chi connectivity index (χ1) is 9.95. The van der Waals surface area contributed by atoms with Crippen molar-refractivity contribution in [2.45, 2.75) is 32.4 Å². The number of amides is 1. The predicted octanol–water partition coefficient (Wildman–Crippen LogP) is 2.75. The Morgan fingerprint density at radius 1 is 1.48 bits per heavy atom. The average molecular weight is 302 g/mol. The summed E-state index contributed by atoms with van der Waals surface area (Å²) in [5.74, 6) is -1.56. The van der Waals surface area contributed by atoms with Crippen molar-refractivity contribution in [2.75, 3.05) is 11.9 Å². The fourth-order valence-corrected chi connectivity index (χ4v) is 2.40. The highest BCUT2D eigenvalue weighted by atomic mass is 19.3. The van der Waals surface area contributed by atoms with Gasteiger partial charge in [0.2, 0.25) is 5.91 Å². The molecule has 21 heavy (non-hydrogen) atoms. The third-order valence-corrected chi connectivity index (χ3v) is 3.41. The third-order valence-electron chi connectivity index (χ3n) is 3.41. The van der Waals surface area contributed by atoms with E-state index < -0.39 is 12.4 Å². The maximum Gasteiger partial charge on any atom is 0.387 e. The monoisotopic (exact) mass is 302 g/mol. The molecule has 1 amide bonds. The molecule has 0 radical (unpaired) electrons. The van der Waals surface area contributed by atoms with Gasteiger partial charge in [0.25, 0.3) is 0 Å². The highest BCUT2D eigenvalue weighted by molar-refractivity contribution is 5.94. The molecule has 0 spiro atoms. The summed E-state index contributed by atoms with van der Waals surface area (Å²) in [7, 11) is 0. The van der Waals surface area contributed by atoms with E-state index in [9.17, 15) is 18.0 Å². The summed E-state index contributed by atoms with van der Waals surface area (Å²) in [6.45, 7) is -0.382. The number of halogens is 3. The second-order valence-electron chi connectivity index (χ2n) is 5.08. The fourth-order valence-electron chi connectivity index (χ4n) is 2.40. The molecule has 2 atom stereocenters. The number of hydrogen-bond donors (Lipinski definition) is 2. The van der Waals surface area contributed by atoms with E-state index in [-0.39, 0.29) is 29.3 Å². The number of nitrogens with one attached hydrogen (secondary N) is 2. The summed E-state index contributed by atoms with van der Waals surface area (Å²) in [4.78, 5) is 12.2. The molecule has 1 aliphatic heterocycles. The molecule has 1 heterocycles. The smallest absolute Gasteiger partial charge is 0.387 e. The topological polar surface area (TPSA) is 50.4 Å². The van der Waals surface area contributed by atoms with Crippen molar-refractivity contribution < 1.29 is 22.7 Å². The van der Waals surface area contributed by atoms with Crippen LogP contribution in [-0.4, -0.2) is 25.1 Å². The Balaban J connectivity index is 2.09. The van der Waals surface area contributed by atoms with E-state index in [0.717, 1.165) is 18.7 Å². The maximum absolute atomic E-state index is 13.1. The Morgan fingerprint density at radius 2 is 2.24 bits per heavy atom. The maximum atomic E-state index is 13.1. The van der Waals surface area contributed by atoms with Crippen LogP contribution in [0.2, 0.25) is 0 Å². The first-order valence-corrected chi connectivity index (χ1v) is 6.74. The van der Waals surface area contributed by atoms with Gasteiger partial charge < -0.3 is 15.4 Å². The first kappa shape index (κ1) is 15.6. The van der Waals surface area contributed by atoms with Crippen molar-refractivity contribution in [1.29, 1.82) is 0 Å². The van der Waals surface area contributed by atoms with Gasteiger partial charge in [-0.05, 0) is 38.4 Å². The van der Waals surface area contributed by atoms with Crippen molar-refractivity contribution in [3.8, 4) is 5.75 Å². The molecule has 0 unspecified atom stereocenters. The summed E-state index contributed by atoms with van der Waals surface area (Å²) < 4.78 is 41.9. The number of hydrogen-bond acceptors (Lipinski definition) is 3. The molecule has 0 saturated carbocycles. The van der Waals surface area contributed by atoms with Crippen LogP contribution in [0.3, 0.4) is 0 Å². The van der Waals surface area contributed by atoms with Crippen LogP contribution >= 0.6 is 0 Å². The number of carbonyl (C=O) groups excluding carboxylic acids is 1. The number of rotatable bonds is 4. The van der Waals surface area contributed by atoms with Gasteiger partial charge in [0, 0.05) is 18.0 Å². The molecule has 116 valence electrons. The number of anilines is 1. The second kappa shape index (κ2) is 6.80.